The summed E-state index contributed by atoms with van der Waals surface area (Å²) in [6.07, 6.45) is 0. The van der Waals surface area contributed by atoms with Crippen molar-refractivity contribution in [2.75, 3.05) is 28.1 Å². The summed E-state index contributed by atoms with van der Waals surface area (Å²) < 4.78 is 35.6. The van der Waals surface area contributed by atoms with Crippen molar-refractivity contribution >= 4 is 19.2 Å². The van der Waals surface area contributed by atoms with E-state index < -0.39 is 0 Å². The molecule has 0 saturated carbocycles. The second kappa shape index (κ2) is 10.1. The van der Waals surface area contributed by atoms with Crippen molar-refractivity contribution in [3.63, 3.8) is 0 Å². The highest BCUT2D eigenvalue weighted by Gasteiger charge is 2.17. The summed E-state index contributed by atoms with van der Waals surface area (Å²) in [4.78, 5) is 0. The molecule has 0 amide bonds. The lowest BCUT2D eigenvalue weighted by Crippen LogP contribution is -2.36. The molecule has 5 nitrogen and oxygen atoms in total. The van der Waals surface area contributed by atoms with Crippen LogP contribution in [0.15, 0.2) is 30.3 Å². The van der Waals surface area contributed by atoms with Gasteiger partial charge in [-0.05, 0) is 49.8 Å². The molecule has 0 aromatic heterocycles. The zero-order valence-corrected chi connectivity index (χ0v) is 18.3. The third kappa shape index (κ3) is 6.33. The molecule has 28 heavy (non-hydrogen) atoms. The minimum Gasteiger partial charge on any atom is -0.497 e. The van der Waals surface area contributed by atoms with Gasteiger partial charge in [-0.25, -0.2) is 4.39 Å². The normalized spacial score (nSPS) is 11.8. The fourth-order valence-corrected chi connectivity index (χ4v) is 3.84. The molecular formula is C21H29FNO4P. The molecule has 0 spiro atoms. The number of methoxy groups -OCH3 is 3. The number of hydrogen-bond acceptors (Lipinski definition) is 5. The van der Waals surface area contributed by atoms with Gasteiger partial charge in [-0.1, -0.05) is 14.6 Å². The minimum absolute atomic E-state index is 0.0708. The molecule has 0 heterocycles. The number of hydrogen-bond donors (Lipinski definition) is 1. The predicted octanol–water partition coefficient (Wildman–Crippen LogP) is 3.34. The van der Waals surface area contributed by atoms with Gasteiger partial charge < -0.3 is 24.3 Å². The second-order valence-electron chi connectivity index (χ2n) is 7.29. The Kier molecular flexibility index (Phi) is 8.05. The zero-order valence-electron chi connectivity index (χ0n) is 17.3. The highest BCUT2D eigenvalue weighted by Crippen LogP contribution is 2.34. The molecule has 1 atom stereocenters. The van der Waals surface area contributed by atoms with Gasteiger partial charge in [0, 0.05) is 30.6 Å². The van der Waals surface area contributed by atoms with Gasteiger partial charge >= 0.3 is 0 Å². The first kappa shape index (κ1) is 22.4. The molecule has 0 bridgehead atoms. The van der Waals surface area contributed by atoms with Crippen LogP contribution < -0.4 is 30.1 Å². The van der Waals surface area contributed by atoms with Gasteiger partial charge in [0.05, 0.1) is 14.2 Å². The average molecular weight is 409 g/mol. The fraction of sp³-hybridized carbons (Fsp3) is 0.429. The molecule has 0 fully saturated rings. The third-order valence-corrected chi connectivity index (χ3v) is 5.35. The number of nitrogens with one attached hydrogen (secondary N) is 1. The third-order valence-electron chi connectivity index (χ3n) is 3.95. The number of rotatable bonds is 9. The molecule has 0 saturated heterocycles. The first-order valence-corrected chi connectivity index (χ1v) is 9.95. The molecule has 154 valence electrons. The van der Waals surface area contributed by atoms with E-state index in [2.05, 4.69) is 26.1 Å². The average Bonchev–Trinajstić information content (AvgIpc) is 2.65. The number of ether oxygens (including phenoxy) is 4. The van der Waals surface area contributed by atoms with E-state index in [-0.39, 0.29) is 26.7 Å². The van der Waals surface area contributed by atoms with Crippen molar-refractivity contribution in [3.05, 3.63) is 41.7 Å². The molecule has 2 rings (SSSR count). The Morgan fingerprint density at radius 1 is 1.00 bits per heavy atom. The summed E-state index contributed by atoms with van der Waals surface area (Å²) in [5, 5.41) is 5.35. The SMILES string of the molecule is COCOc1c(OC)cc(OC)cc1Pc1ccc(F)cc1CNC(C)(C)C. The summed E-state index contributed by atoms with van der Waals surface area (Å²) in [7, 11) is 4.98. The van der Waals surface area contributed by atoms with Crippen molar-refractivity contribution in [1.82, 2.24) is 5.32 Å². The lowest BCUT2D eigenvalue weighted by molar-refractivity contribution is 0.0499. The quantitative estimate of drug-likeness (QED) is 0.509. The van der Waals surface area contributed by atoms with Gasteiger partial charge in [0.25, 0.3) is 0 Å². The van der Waals surface area contributed by atoms with E-state index in [1.165, 1.54) is 6.07 Å². The Labute approximate surface area is 168 Å². The Morgan fingerprint density at radius 3 is 2.36 bits per heavy atom. The van der Waals surface area contributed by atoms with Crippen LogP contribution in [-0.2, 0) is 11.3 Å². The summed E-state index contributed by atoms with van der Waals surface area (Å²) in [6, 6.07) is 8.56. The maximum absolute atomic E-state index is 13.9. The van der Waals surface area contributed by atoms with Crippen LogP contribution in [0.1, 0.15) is 26.3 Å². The minimum atomic E-state index is -0.252. The Balaban J connectivity index is 2.43. The molecule has 0 aliphatic carbocycles. The summed E-state index contributed by atoms with van der Waals surface area (Å²) in [5.41, 5.74) is 0.839. The molecular weight excluding hydrogens is 380 g/mol. The van der Waals surface area contributed by atoms with Crippen LogP contribution in [0, 0.1) is 5.82 Å². The largest absolute Gasteiger partial charge is 0.497 e. The van der Waals surface area contributed by atoms with Crippen LogP contribution in [0.3, 0.4) is 0 Å². The van der Waals surface area contributed by atoms with Crippen LogP contribution in [-0.4, -0.2) is 33.7 Å². The predicted molar refractivity (Wildman–Crippen MR) is 113 cm³/mol. The lowest BCUT2D eigenvalue weighted by atomic mass is 10.1. The van der Waals surface area contributed by atoms with E-state index in [0.717, 1.165) is 16.2 Å². The molecule has 7 heteroatoms. The molecule has 0 aliphatic heterocycles. The van der Waals surface area contributed by atoms with E-state index in [1.807, 2.05) is 12.1 Å². The second-order valence-corrected chi connectivity index (χ2v) is 8.61. The molecule has 0 radical (unpaired) electrons. The van der Waals surface area contributed by atoms with Crippen LogP contribution in [0.4, 0.5) is 4.39 Å². The molecule has 2 aromatic rings. The standard InChI is InChI=1S/C21H29FNO4P/c1-21(2,3)23-12-14-9-15(22)7-8-18(14)28-19-11-16(25-5)10-17(26-6)20(19)27-13-24-4/h7-11,23,28H,12-13H2,1-6H3. The van der Waals surface area contributed by atoms with Gasteiger partial charge in [0.15, 0.2) is 18.3 Å². The Bertz CT molecular complexity index is 793. The van der Waals surface area contributed by atoms with Crippen molar-refractivity contribution in [2.45, 2.75) is 32.9 Å². The highest BCUT2D eigenvalue weighted by molar-refractivity contribution is 7.55. The monoisotopic (exact) mass is 409 g/mol. The maximum Gasteiger partial charge on any atom is 0.188 e. The topological polar surface area (TPSA) is 49.0 Å². The van der Waals surface area contributed by atoms with E-state index in [4.69, 9.17) is 18.9 Å². The Morgan fingerprint density at radius 2 is 1.75 bits per heavy atom. The van der Waals surface area contributed by atoms with Gasteiger partial charge in [0.2, 0.25) is 0 Å². The molecule has 1 unspecified atom stereocenters. The zero-order chi connectivity index (χ0) is 20.7. The van der Waals surface area contributed by atoms with Crippen LogP contribution >= 0.6 is 8.58 Å². The van der Waals surface area contributed by atoms with Gasteiger partial charge in [-0.2, -0.15) is 0 Å². The Hall–Kier alpha value is -1.88. The summed E-state index contributed by atoms with van der Waals surface area (Å²) >= 11 is 0. The highest BCUT2D eigenvalue weighted by atomic mass is 31.1. The summed E-state index contributed by atoms with van der Waals surface area (Å²) in [6.45, 7) is 6.91. The van der Waals surface area contributed by atoms with Gasteiger partial charge in [-0.3, -0.25) is 0 Å². The molecule has 2 aromatic carbocycles. The fourth-order valence-electron chi connectivity index (χ4n) is 2.54. The first-order valence-electron chi connectivity index (χ1n) is 8.95. The van der Waals surface area contributed by atoms with E-state index >= 15 is 0 Å². The summed E-state index contributed by atoms with van der Waals surface area (Å²) in [5.74, 6) is 1.58. The lowest BCUT2D eigenvalue weighted by Gasteiger charge is -2.22. The van der Waals surface area contributed by atoms with Crippen LogP contribution in [0.2, 0.25) is 0 Å². The van der Waals surface area contributed by atoms with Crippen molar-refractivity contribution in [3.8, 4) is 17.2 Å². The van der Waals surface area contributed by atoms with Crippen molar-refractivity contribution < 1.29 is 23.3 Å². The number of benzene rings is 2. The van der Waals surface area contributed by atoms with E-state index in [1.54, 1.807) is 33.5 Å². The first-order chi connectivity index (χ1) is 13.3. The van der Waals surface area contributed by atoms with Gasteiger partial charge in [0.1, 0.15) is 11.6 Å². The molecule has 1 N–H and O–H groups in total. The van der Waals surface area contributed by atoms with Crippen LogP contribution in [0.5, 0.6) is 17.2 Å². The number of halogens is 1. The smallest absolute Gasteiger partial charge is 0.188 e. The molecule has 0 aliphatic rings. The van der Waals surface area contributed by atoms with Crippen LogP contribution in [0.25, 0.3) is 0 Å². The van der Waals surface area contributed by atoms with Crippen molar-refractivity contribution in [1.29, 1.82) is 0 Å². The van der Waals surface area contributed by atoms with E-state index in [9.17, 15) is 4.39 Å². The van der Waals surface area contributed by atoms with Crippen molar-refractivity contribution in [2.24, 2.45) is 0 Å². The van der Waals surface area contributed by atoms with Gasteiger partial charge in [-0.15, -0.1) is 0 Å². The van der Waals surface area contributed by atoms with E-state index in [0.29, 0.717) is 23.8 Å². The maximum atomic E-state index is 13.9.